The predicted octanol–water partition coefficient (Wildman–Crippen LogP) is 2.15. The van der Waals surface area contributed by atoms with Crippen molar-refractivity contribution in [2.75, 3.05) is 26.2 Å². The Labute approximate surface area is 147 Å². The standard InChI is InChI=1S/C18H26N4O3/c1-11(2)24-8-4-6-20-17(23)14-9-12(3)21-18-15(14)16(22-25-18)13-5-7-19-10-13/h9,11,13,19H,4-8,10H2,1-3H3,(H,20,23). The van der Waals surface area contributed by atoms with Gasteiger partial charge >= 0.3 is 0 Å². The summed E-state index contributed by atoms with van der Waals surface area (Å²) in [6.07, 6.45) is 1.97. The first-order valence-corrected chi connectivity index (χ1v) is 8.93. The van der Waals surface area contributed by atoms with E-state index in [2.05, 4.69) is 20.8 Å². The average molecular weight is 346 g/mol. The van der Waals surface area contributed by atoms with Gasteiger partial charge in [-0.05, 0) is 46.2 Å². The maximum Gasteiger partial charge on any atom is 0.259 e. The molecule has 0 bridgehead atoms. The van der Waals surface area contributed by atoms with E-state index in [1.54, 1.807) is 0 Å². The molecule has 1 atom stereocenters. The molecule has 0 aliphatic carbocycles. The number of fused-ring (bicyclic) bond motifs is 1. The first-order chi connectivity index (χ1) is 12.1. The van der Waals surface area contributed by atoms with Crippen LogP contribution in [-0.4, -0.2) is 48.4 Å². The van der Waals surface area contributed by atoms with Crippen LogP contribution in [0.15, 0.2) is 10.6 Å². The fourth-order valence-corrected chi connectivity index (χ4v) is 3.13. The van der Waals surface area contributed by atoms with E-state index in [9.17, 15) is 4.79 Å². The minimum absolute atomic E-state index is 0.115. The van der Waals surface area contributed by atoms with Crippen molar-refractivity contribution in [1.82, 2.24) is 20.8 Å². The molecule has 0 aromatic carbocycles. The maximum atomic E-state index is 12.7. The van der Waals surface area contributed by atoms with Gasteiger partial charge in [0.15, 0.2) is 0 Å². The van der Waals surface area contributed by atoms with E-state index >= 15 is 0 Å². The molecule has 7 heteroatoms. The Hall–Kier alpha value is -1.99. The minimum atomic E-state index is -0.115. The van der Waals surface area contributed by atoms with E-state index in [-0.39, 0.29) is 17.9 Å². The van der Waals surface area contributed by atoms with Crippen LogP contribution in [0.5, 0.6) is 0 Å². The topological polar surface area (TPSA) is 89.3 Å². The molecule has 3 heterocycles. The van der Waals surface area contributed by atoms with Gasteiger partial charge in [0.2, 0.25) is 0 Å². The number of carbonyl (C=O) groups is 1. The summed E-state index contributed by atoms with van der Waals surface area (Å²) >= 11 is 0. The van der Waals surface area contributed by atoms with Crippen LogP contribution in [0.25, 0.3) is 11.1 Å². The second-order valence-corrected chi connectivity index (χ2v) is 6.78. The van der Waals surface area contributed by atoms with Crippen molar-refractivity contribution >= 4 is 17.0 Å². The van der Waals surface area contributed by atoms with E-state index < -0.39 is 0 Å². The summed E-state index contributed by atoms with van der Waals surface area (Å²) in [7, 11) is 0. The van der Waals surface area contributed by atoms with Crippen LogP contribution in [0.4, 0.5) is 0 Å². The smallest absolute Gasteiger partial charge is 0.259 e. The predicted molar refractivity (Wildman–Crippen MR) is 94.8 cm³/mol. The van der Waals surface area contributed by atoms with Crippen molar-refractivity contribution in [2.24, 2.45) is 0 Å². The zero-order valence-corrected chi connectivity index (χ0v) is 15.1. The zero-order chi connectivity index (χ0) is 17.8. The SMILES string of the molecule is Cc1cc(C(=O)NCCCOC(C)C)c2c(C3CCNC3)noc2n1. The number of ether oxygens (including phenoxy) is 1. The number of hydrogen-bond acceptors (Lipinski definition) is 6. The van der Waals surface area contributed by atoms with Crippen LogP contribution in [0.2, 0.25) is 0 Å². The van der Waals surface area contributed by atoms with Crippen molar-refractivity contribution in [3.8, 4) is 0 Å². The number of nitrogens with zero attached hydrogens (tertiary/aromatic N) is 2. The van der Waals surface area contributed by atoms with Crippen molar-refractivity contribution < 1.29 is 14.1 Å². The Kier molecular flexibility index (Phi) is 5.65. The number of aryl methyl sites for hydroxylation is 1. The molecule has 1 saturated heterocycles. The summed E-state index contributed by atoms with van der Waals surface area (Å²) in [5.74, 6) is 0.146. The maximum absolute atomic E-state index is 12.7. The zero-order valence-electron chi connectivity index (χ0n) is 15.1. The third-order valence-electron chi connectivity index (χ3n) is 4.35. The number of pyridine rings is 1. The molecule has 2 aromatic rings. The summed E-state index contributed by atoms with van der Waals surface area (Å²) in [5, 5.41) is 11.3. The molecule has 2 aromatic heterocycles. The van der Waals surface area contributed by atoms with Gasteiger partial charge in [-0.2, -0.15) is 0 Å². The monoisotopic (exact) mass is 346 g/mol. The number of amides is 1. The Morgan fingerprint density at radius 2 is 2.36 bits per heavy atom. The number of rotatable bonds is 7. The van der Waals surface area contributed by atoms with Crippen molar-refractivity contribution in [3.63, 3.8) is 0 Å². The van der Waals surface area contributed by atoms with Gasteiger partial charge in [0.25, 0.3) is 11.6 Å². The first kappa shape index (κ1) is 17.8. The van der Waals surface area contributed by atoms with Gasteiger partial charge < -0.3 is 19.9 Å². The highest BCUT2D eigenvalue weighted by molar-refractivity contribution is 6.06. The summed E-state index contributed by atoms with van der Waals surface area (Å²) < 4.78 is 10.9. The van der Waals surface area contributed by atoms with Crippen molar-refractivity contribution in [2.45, 2.75) is 45.6 Å². The van der Waals surface area contributed by atoms with E-state index in [0.717, 1.165) is 42.7 Å². The summed E-state index contributed by atoms with van der Waals surface area (Å²) in [5.41, 5.74) is 2.61. The number of aromatic nitrogens is 2. The van der Waals surface area contributed by atoms with Gasteiger partial charge in [-0.15, -0.1) is 0 Å². The average Bonchev–Trinajstić information content (AvgIpc) is 3.21. The van der Waals surface area contributed by atoms with Gasteiger partial charge in [-0.3, -0.25) is 4.79 Å². The molecule has 1 aliphatic heterocycles. The van der Waals surface area contributed by atoms with Gasteiger partial charge in [-0.1, -0.05) is 5.16 Å². The van der Waals surface area contributed by atoms with Crippen LogP contribution in [0.1, 0.15) is 54.4 Å². The molecule has 0 radical (unpaired) electrons. The van der Waals surface area contributed by atoms with E-state index in [1.165, 1.54) is 0 Å². The molecule has 3 rings (SSSR count). The largest absolute Gasteiger partial charge is 0.379 e. The number of nitrogens with one attached hydrogen (secondary N) is 2. The van der Waals surface area contributed by atoms with Crippen LogP contribution >= 0.6 is 0 Å². The van der Waals surface area contributed by atoms with Crippen LogP contribution < -0.4 is 10.6 Å². The van der Waals surface area contributed by atoms with E-state index in [0.29, 0.717) is 24.4 Å². The molecule has 1 unspecified atom stereocenters. The Bertz CT molecular complexity index is 735. The fraction of sp³-hybridized carbons (Fsp3) is 0.611. The first-order valence-electron chi connectivity index (χ1n) is 8.93. The Morgan fingerprint density at radius 1 is 1.52 bits per heavy atom. The van der Waals surface area contributed by atoms with E-state index in [1.807, 2.05) is 26.8 Å². The molecule has 1 amide bonds. The van der Waals surface area contributed by atoms with Gasteiger partial charge in [0, 0.05) is 31.3 Å². The Balaban J connectivity index is 1.77. The molecule has 1 fully saturated rings. The molecule has 2 N–H and O–H groups in total. The molecule has 136 valence electrons. The normalized spacial score (nSPS) is 17.5. The highest BCUT2D eigenvalue weighted by Crippen LogP contribution is 2.30. The van der Waals surface area contributed by atoms with Gasteiger partial charge in [0.05, 0.1) is 22.7 Å². The Morgan fingerprint density at radius 3 is 3.08 bits per heavy atom. The summed E-state index contributed by atoms with van der Waals surface area (Å²) in [4.78, 5) is 17.1. The molecular formula is C18H26N4O3. The van der Waals surface area contributed by atoms with Crippen molar-refractivity contribution in [1.29, 1.82) is 0 Å². The molecule has 0 spiro atoms. The van der Waals surface area contributed by atoms with Crippen LogP contribution in [0, 0.1) is 6.92 Å². The van der Waals surface area contributed by atoms with Crippen LogP contribution in [-0.2, 0) is 4.74 Å². The van der Waals surface area contributed by atoms with E-state index in [4.69, 9.17) is 9.26 Å². The number of carbonyl (C=O) groups excluding carboxylic acids is 1. The second-order valence-electron chi connectivity index (χ2n) is 6.78. The third-order valence-corrected chi connectivity index (χ3v) is 4.35. The lowest BCUT2D eigenvalue weighted by molar-refractivity contribution is 0.0757. The van der Waals surface area contributed by atoms with Gasteiger partial charge in [-0.25, -0.2) is 4.98 Å². The molecule has 7 nitrogen and oxygen atoms in total. The minimum Gasteiger partial charge on any atom is -0.379 e. The quantitative estimate of drug-likeness (QED) is 0.747. The lowest BCUT2D eigenvalue weighted by Crippen LogP contribution is -2.26. The fourth-order valence-electron chi connectivity index (χ4n) is 3.13. The lowest BCUT2D eigenvalue weighted by atomic mass is 9.99. The highest BCUT2D eigenvalue weighted by atomic mass is 16.5. The van der Waals surface area contributed by atoms with Crippen LogP contribution in [0.3, 0.4) is 0 Å². The molecule has 1 aliphatic rings. The van der Waals surface area contributed by atoms with Gasteiger partial charge in [0.1, 0.15) is 0 Å². The summed E-state index contributed by atoms with van der Waals surface area (Å²) in [6.45, 7) is 8.86. The molecule has 25 heavy (non-hydrogen) atoms. The highest BCUT2D eigenvalue weighted by Gasteiger charge is 2.27. The summed E-state index contributed by atoms with van der Waals surface area (Å²) in [6, 6.07) is 1.81. The van der Waals surface area contributed by atoms with Crippen molar-refractivity contribution in [3.05, 3.63) is 23.0 Å². The lowest BCUT2D eigenvalue weighted by Gasteiger charge is -2.10. The second kappa shape index (κ2) is 7.93. The molecular weight excluding hydrogens is 320 g/mol. The molecule has 0 saturated carbocycles. The third kappa shape index (κ3) is 4.16. The number of hydrogen-bond donors (Lipinski definition) is 2.